The Bertz CT molecular complexity index is 1150. The zero-order valence-corrected chi connectivity index (χ0v) is 18.8. The number of Topliss-reactive ketones (excluding diaryl/α,β-unsaturated/α-hetero) is 1. The fourth-order valence-corrected chi connectivity index (χ4v) is 6.75. The van der Waals surface area contributed by atoms with Crippen molar-refractivity contribution in [2.24, 2.45) is 11.8 Å². The van der Waals surface area contributed by atoms with Crippen LogP contribution in [0.2, 0.25) is 5.02 Å². The maximum absolute atomic E-state index is 15.6. The molecule has 6 rings (SSSR count). The Balaban J connectivity index is 1.65. The second kappa shape index (κ2) is 7.13. The van der Waals surface area contributed by atoms with Crippen LogP contribution in [0.15, 0.2) is 36.4 Å². The smallest absolute Gasteiger partial charge is 0.250 e. The number of aryl methyl sites for hydroxylation is 1. The molecule has 4 atom stereocenters. The SMILES string of the molecule is Cc1ccc2c(c1)NC(=O)[C@]21[C@@H](c2cccc(Cl)c2F)[C@@H]2C(=O)CCC[C@@H]2N1CC1CC1. The molecule has 32 heavy (non-hydrogen) atoms. The van der Waals surface area contributed by atoms with Crippen molar-refractivity contribution in [3.05, 3.63) is 63.9 Å². The molecule has 2 aromatic carbocycles. The molecule has 2 aliphatic carbocycles. The molecular weight excluding hydrogens is 427 g/mol. The van der Waals surface area contributed by atoms with E-state index in [4.69, 9.17) is 11.6 Å². The van der Waals surface area contributed by atoms with Crippen LogP contribution in [0.4, 0.5) is 10.1 Å². The van der Waals surface area contributed by atoms with Crippen LogP contribution < -0.4 is 5.32 Å². The van der Waals surface area contributed by atoms with Gasteiger partial charge in [0.2, 0.25) is 5.91 Å². The fourth-order valence-electron chi connectivity index (χ4n) is 6.57. The van der Waals surface area contributed by atoms with Gasteiger partial charge in [0.05, 0.1) is 5.02 Å². The summed E-state index contributed by atoms with van der Waals surface area (Å²) in [5.41, 5.74) is 1.96. The number of carbonyl (C=O) groups excluding carboxylic acids is 2. The molecule has 2 heterocycles. The Morgan fingerprint density at radius 2 is 2.00 bits per heavy atom. The summed E-state index contributed by atoms with van der Waals surface area (Å²) in [7, 11) is 0. The van der Waals surface area contributed by atoms with Gasteiger partial charge in [-0.15, -0.1) is 0 Å². The number of carbonyl (C=O) groups is 2. The highest BCUT2D eigenvalue weighted by atomic mass is 35.5. The van der Waals surface area contributed by atoms with Crippen molar-refractivity contribution in [2.45, 2.75) is 56.5 Å². The van der Waals surface area contributed by atoms with E-state index in [1.807, 2.05) is 25.1 Å². The van der Waals surface area contributed by atoms with E-state index >= 15 is 4.39 Å². The van der Waals surface area contributed by atoms with Gasteiger partial charge in [-0.3, -0.25) is 14.5 Å². The van der Waals surface area contributed by atoms with Crippen molar-refractivity contribution in [1.29, 1.82) is 0 Å². The standard InChI is InChI=1S/C26H26ClFN2O2/c1-14-8-11-17-19(12-14)29-25(32)26(17)23(16-4-2-5-18(27)24(16)28)22-20(6-3-7-21(22)31)30(26)13-15-9-10-15/h2,4-5,8,11-12,15,20,22-23H,3,6-7,9-10,13H2,1H3,(H,29,32)/t20-,22-,23-,26+/m0/s1. The number of fused-ring (bicyclic) bond motifs is 3. The molecule has 166 valence electrons. The number of amides is 1. The number of nitrogens with one attached hydrogen (secondary N) is 1. The molecular formula is C26H26ClFN2O2. The number of hydrogen-bond donors (Lipinski definition) is 1. The normalized spacial score (nSPS) is 31.7. The molecule has 0 bridgehead atoms. The Kier molecular flexibility index (Phi) is 4.54. The van der Waals surface area contributed by atoms with Crippen LogP contribution in [0, 0.1) is 24.6 Å². The van der Waals surface area contributed by atoms with Gasteiger partial charge in [-0.1, -0.05) is 35.9 Å². The molecule has 4 nitrogen and oxygen atoms in total. The maximum Gasteiger partial charge on any atom is 0.250 e. The van der Waals surface area contributed by atoms with Crippen LogP contribution in [-0.4, -0.2) is 29.2 Å². The molecule has 1 N–H and O–H groups in total. The molecule has 0 aromatic heterocycles. The third-order valence-corrected chi connectivity index (χ3v) is 8.31. The van der Waals surface area contributed by atoms with Crippen molar-refractivity contribution in [3.63, 3.8) is 0 Å². The van der Waals surface area contributed by atoms with Gasteiger partial charge >= 0.3 is 0 Å². The van der Waals surface area contributed by atoms with E-state index in [0.717, 1.165) is 49.0 Å². The second-order valence-electron chi connectivity index (χ2n) is 9.94. The van der Waals surface area contributed by atoms with Crippen molar-refractivity contribution in [3.8, 4) is 0 Å². The summed E-state index contributed by atoms with van der Waals surface area (Å²) in [6.07, 6.45) is 4.41. The summed E-state index contributed by atoms with van der Waals surface area (Å²) in [5, 5.41) is 3.13. The van der Waals surface area contributed by atoms with Crippen LogP contribution in [0.5, 0.6) is 0 Å². The highest BCUT2D eigenvalue weighted by molar-refractivity contribution is 6.30. The summed E-state index contributed by atoms with van der Waals surface area (Å²) in [6, 6.07) is 10.9. The second-order valence-corrected chi connectivity index (χ2v) is 10.3. The third-order valence-electron chi connectivity index (χ3n) is 8.02. The van der Waals surface area contributed by atoms with Gasteiger partial charge in [-0.05, 0) is 61.8 Å². The minimum atomic E-state index is -1.10. The molecule has 0 unspecified atom stereocenters. The molecule has 6 heteroatoms. The van der Waals surface area contributed by atoms with Crippen molar-refractivity contribution in [2.75, 3.05) is 11.9 Å². The van der Waals surface area contributed by atoms with Gasteiger partial charge < -0.3 is 5.32 Å². The molecule has 1 saturated heterocycles. The molecule has 3 fully saturated rings. The third kappa shape index (κ3) is 2.70. The molecule has 1 spiro atoms. The average molecular weight is 453 g/mol. The van der Waals surface area contributed by atoms with E-state index in [2.05, 4.69) is 10.2 Å². The minimum Gasteiger partial charge on any atom is -0.324 e. The molecule has 2 saturated carbocycles. The van der Waals surface area contributed by atoms with Gasteiger partial charge in [0.1, 0.15) is 17.1 Å². The highest BCUT2D eigenvalue weighted by Gasteiger charge is 2.69. The van der Waals surface area contributed by atoms with Crippen LogP contribution in [0.3, 0.4) is 0 Å². The summed E-state index contributed by atoms with van der Waals surface area (Å²) in [4.78, 5) is 29.7. The van der Waals surface area contributed by atoms with Crippen molar-refractivity contribution in [1.82, 2.24) is 4.90 Å². The van der Waals surface area contributed by atoms with Gasteiger partial charge in [0, 0.05) is 42.1 Å². The predicted octanol–water partition coefficient (Wildman–Crippen LogP) is 5.18. The highest BCUT2D eigenvalue weighted by Crippen LogP contribution is 2.62. The lowest BCUT2D eigenvalue weighted by Crippen LogP contribution is -2.52. The van der Waals surface area contributed by atoms with Crippen LogP contribution >= 0.6 is 11.6 Å². The first-order valence-corrected chi connectivity index (χ1v) is 12.0. The fraction of sp³-hybridized carbons (Fsp3) is 0.462. The quantitative estimate of drug-likeness (QED) is 0.697. The van der Waals surface area contributed by atoms with Gasteiger partial charge in [0.25, 0.3) is 0 Å². The van der Waals surface area contributed by atoms with Crippen molar-refractivity contribution < 1.29 is 14.0 Å². The monoisotopic (exact) mass is 452 g/mol. The lowest BCUT2D eigenvalue weighted by Gasteiger charge is -2.40. The van der Waals surface area contributed by atoms with E-state index in [9.17, 15) is 9.59 Å². The number of rotatable bonds is 3. The van der Waals surface area contributed by atoms with Crippen LogP contribution in [0.25, 0.3) is 0 Å². The van der Waals surface area contributed by atoms with E-state index < -0.39 is 23.2 Å². The van der Waals surface area contributed by atoms with Gasteiger partial charge in [0.15, 0.2) is 0 Å². The number of nitrogens with zero attached hydrogens (tertiary/aromatic N) is 1. The van der Waals surface area contributed by atoms with Crippen LogP contribution in [-0.2, 0) is 15.1 Å². The largest absolute Gasteiger partial charge is 0.324 e. The van der Waals surface area contributed by atoms with E-state index in [1.54, 1.807) is 12.1 Å². The van der Waals surface area contributed by atoms with E-state index in [1.165, 1.54) is 6.07 Å². The van der Waals surface area contributed by atoms with Crippen molar-refractivity contribution >= 4 is 29.0 Å². The Hall–Kier alpha value is -2.24. The maximum atomic E-state index is 15.6. The summed E-state index contributed by atoms with van der Waals surface area (Å²) < 4.78 is 15.6. The van der Waals surface area contributed by atoms with Crippen LogP contribution in [0.1, 0.15) is 54.7 Å². The number of anilines is 1. The Morgan fingerprint density at radius 3 is 2.78 bits per heavy atom. The van der Waals surface area contributed by atoms with Gasteiger partial charge in [-0.25, -0.2) is 4.39 Å². The first-order chi connectivity index (χ1) is 15.4. The number of benzene rings is 2. The molecule has 2 aliphatic heterocycles. The lowest BCUT2D eigenvalue weighted by molar-refractivity contribution is -0.128. The van der Waals surface area contributed by atoms with Gasteiger partial charge in [-0.2, -0.15) is 0 Å². The first-order valence-electron chi connectivity index (χ1n) is 11.6. The first kappa shape index (κ1) is 20.4. The number of likely N-dealkylation sites (tertiary alicyclic amines) is 1. The Morgan fingerprint density at radius 1 is 1.19 bits per heavy atom. The summed E-state index contributed by atoms with van der Waals surface area (Å²) in [6.45, 7) is 2.75. The lowest BCUT2D eigenvalue weighted by atomic mass is 9.68. The molecule has 4 aliphatic rings. The number of hydrogen-bond acceptors (Lipinski definition) is 3. The summed E-state index contributed by atoms with van der Waals surface area (Å²) in [5.74, 6) is -1.04. The molecule has 1 amide bonds. The predicted molar refractivity (Wildman–Crippen MR) is 121 cm³/mol. The minimum absolute atomic E-state index is 0.0284. The molecule has 0 radical (unpaired) electrons. The topological polar surface area (TPSA) is 49.4 Å². The van der Waals surface area contributed by atoms with E-state index in [-0.39, 0.29) is 22.8 Å². The van der Waals surface area contributed by atoms with E-state index in [0.29, 0.717) is 17.9 Å². The molecule has 2 aromatic rings. The zero-order valence-electron chi connectivity index (χ0n) is 18.0. The number of ketones is 1. The number of halogens is 2. The summed E-state index contributed by atoms with van der Waals surface area (Å²) >= 11 is 6.21. The average Bonchev–Trinajstić information content (AvgIpc) is 3.47. The Labute approximate surface area is 192 Å². The zero-order chi connectivity index (χ0) is 22.2.